The molecular weight excluding hydrogens is 518 g/mol. The van der Waals surface area contributed by atoms with E-state index in [2.05, 4.69) is 180 Å². The van der Waals surface area contributed by atoms with Gasteiger partial charge in [-0.3, -0.25) is 0 Å². The van der Waals surface area contributed by atoms with Gasteiger partial charge in [0, 0.05) is 16.5 Å². The Labute approximate surface area is 251 Å². The number of nitrogens with zero attached hydrogens (tertiary/aromatic N) is 1. The van der Waals surface area contributed by atoms with E-state index in [1.807, 2.05) is 0 Å². The lowest BCUT2D eigenvalue weighted by Gasteiger charge is -2.11. The molecule has 0 bridgehead atoms. The van der Waals surface area contributed by atoms with Gasteiger partial charge in [0.05, 0.1) is 11.0 Å². The predicted octanol–water partition coefficient (Wildman–Crippen LogP) is 11.5. The quantitative estimate of drug-likeness (QED) is 0.202. The van der Waals surface area contributed by atoms with Crippen LogP contribution in [0.25, 0.3) is 72.0 Å². The molecule has 7 aromatic carbocycles. The third kappa shape index (κ3) is 4.62. The van der Waals surface area contributed by atoms with Crippen LogP contribution in [-0.2, 0) is 0 Å². The monoisotopic (exact) mass is 547 g/mol. The highest BCUT2D eigenvalue weighted by Crippen LogP contribution is 2.34. The van der Waals surface area contributed by atoms with Crippen molar-refractivity contribution in [3.8, 4) is 50.2 Å². The lowest BCUT2D eigenvalue weighted by Crippen LogP contribution is -1.93. The third-order valence-corrected chi connectivity index (χ3v) is 8.40. The van der Waals surface area contributed by atoms with Crippen molar-refractivity contribution in [1.29, 1.82) is 0 Å². The summed E-state index contributed by atoms with van der Waals surface area (Å²) in [4.78, 5) is 0. The summed E-state index contributed by atoms with van der Waals surface area (Å²) in [5.41, 5.74) is 13.4. The molecule has 1 heteroatoms. The molecule has 0 amide bonds. The number of rotatable bonds is 5. The number of para-hydroxylation sites is 2. The van der Waals surface area contributed by atoms with Gasteiger partial charge in [-0.15, -0.1) is 0 Å². The fourth-order valence-electron chi connectivity index (χ4n) is 6.27. The molecule has 0 fully saturated rings. The largest absolute Gasteiger partial charge is 0.309 e. The van der Waals surface area contributed by atoms with Crippen LogP contribution in [0.2, 0.25) is 0 Å². The summed E-state index contributed by atoms with van der Waals surface area (Å²) in [6.07, 6.45) is 0. The van der Waals surface area contributed by atoms with Crippen molar-refractivity contribution in [1.82, 2.24) is 4.57 Å². The SMILES string of the molecule is c1ccc(-c2cccc(-c3cccc(-c4cccc(-c5ccc(-n6c7ccccc7c7ccccc76)cc5)c4)c3)c2)cc1. The van der Waals surface area contributed by atoms with Crippen LogP contribution in [0.15, 0.2) is 176 Å². The third-order valence-electron chi connectivity index (χ3n) is 8.40. The first-order valence-corrected chi connectivity index (χ1v) is 14.8. The fourth-order valence-corrected chi connectivity index (χ4v) is 6.27. The summed E-state index contributed by atoms with van der Waals surface area (Å²) in [7, 11) is 0. The minimum absolute atomic E-state index is 1.17. The normalized spacial score (nSPS) is 11.3. The Bertz CT molecular complexity index is 2170. The van der Waals surface area contributed by atoms with Gasteiger partial charge < -0.3 is 4.57 Å². The number of benzene rings is 7. The smallest absolute Gasteiger partial charge is 0.0541 e. The van der Waals surface area contributed by atoms with Gasteiger partial charge >= 0.3 is 0 Å². The van der Waals surface area contributed by atoms with Crippen molar-refractivity contribution in [2.24, 2.45) is 0 Å². The summed E-state index contributed by atoms with van der Waals surface area (Å²) in [6.45, 7) is 0. The molecule has 0 saturated heterocycles. The van der Waals surface area contributed by atoms with Crippen molar-refractivity contribution in [2.45, 2.75) is 0 Å². The minimum atomic E-state index is 1.17. The average Bonchev–Trinajstić information content (AvgIpc) is 3.43. The highest BCUT2D eigenvalue weighted by molar-refractivity contribution is 6.09. The van der Waals surface area contributed by atoms with Gasteiger partial charge in [-0.1, -0.05) is 133 Å². The lowest BCUT2D eigenvalue weighted by molar-refractivity contribution is 1.18. The Hall–Kier alpha value is -5.66. The summed E-state index contributed by atoms with van der Waals surface area (Å²) in [5.74, 6) is 0. The Kier molecular flexibility index (Phi) is 6.20. The van der Waals surface area contributed by atoms with Crippen molar-refractivity contribution in [3.05, 3.63) is 176 Å². The molecule has 0 radical (unpaired) electrons. The van der Waals surface area contributed by atoms with E-state index >= 15 is 0 Å². The van der Waals surface area contributed by atoms with Gasteiger partial charge in [0.1, 0.15) is 0 Å². The van der Waals surface area contributed by atoms with Crippen molar-refractivity contribution < 1.29 is 0 Å². The zero-order valence-corrected chi connectivity index (χ0v) is 23.7. The van der Waals surface area contributed by atoms with E-state index < -0.39 is 0 Å². The van der Waals surface area contributed by atoms with E-state index in [0.717, 1.165) is 0 Å². The Morgan fingerprint density at radius 2 is 0.605 bits per heavy atom. The highest BCUT2D eigenvalue weighted by atomic mass is 15.0. The summed E-state index contributed by atoms with van der Waals surface area (Å²) < 4.78 is 2.36. The van der Waals surface area contributed by atoms with Gasteiger partial charge in [0.15, 0.2) is 0 Å². The van der Waals surface area contributed by atoms with Gasteiger partial charge in [-0.25, -0.2) is 0 Å². The molecule has 0 N–H and O–H groups in total. The summed E-state index contributed by atoms with van der Waals surface area (Å²) in [5, 5.41) is 2.56. The van der Waals surface area contributed by atoms with Crippen LogP contribution in [-0.4, -0.2) is 4.57 Å². The first-order valence-electron chi connectivity index (χ1n) is 14.8. The van der Waals surface area contributed by atoms with E-state index in [-0.39, 0.29) is 0 Å². The molecule has 1 aromatic heterocycles. The summed E-state index contributed by atoms with van der Waals surface area (Å²) >= 11 is 0. The van der Waals surface area contributed by atoms with Crippen LogP contribution < -0.4 is 0 Å². The molecule has 0 aliphatic heterocycles. The molecule has 1 heterocycles. The predicted molar refractivity (Wildman–Crippen MR) is 183 cm³/mol. The Balaban J connectivity index is 1.12. The number of hydrogen-bond donors (Lipinski definition) is 0. The zero-order chi connectivity index (χ0) is 28.6. The van der Waals surface area contributed by atoms with E-state index in [0.29, 0.717) is 0 Å². The Morgan fingerprint density at radius 1 is 0.256 bits per heavy atom. The second-order valence-electron chi connectivity index (χ2n) is 11.0. The van der Waals surface area contributed by atoms with Crippen molar-refractivity contribution >= 4 is 21.8 Å². The van der Waals surface area contributed by atoms with Gasteiger partial charge in [-0.2, -0.15) is 0 Å². The second kappa shape index (κ2) is 10.6. The minimum Gasteiger partial charge on any atom is -0.309 e. The lowest BCUT2D eigenvalue weighted by atomic mass is 9.95. The second-order valence-corrected chi connectivity index (χ2v) is 11.0. The molecule has 202 valence electrons. The molecule has 8 rings (SSSR count). The van der Waals surface area contributed by atoms with Gasteiger partial charge in [0.25, 0.3) is 0 Å². The molecule has 0 spiro atoms. The maximum absolute atomic E-state index is 2.36. The van der Waals surface area contributed by atoms with Crippen LogP contribution in [0, 0.1) is 0 Å². The molecular formula is C42H29N. The zero-order valence-electron chi connectivity index (χ0n) is 23.7. The molecule has 0 aliphatic rings. The topological polar surface area (TPSA) is 4.93 Å². The van der Waals surface area contributed by atoms with Crippen LogP contribution in [0.1, 0.15) is 0 Å². The van der Waals surface area contributed by atoms with Crippen molar-refractivity contribution in [2.75, 3.05) is 0 Å². The van der Waals surface area contributed by atoms with E-state index in [4.69, 9.17) is 0 Å². The van der Waals surface area contributed by atoms with Gasteiger partial charge in [-0.05, 0) is 87.0 Å². The van der Waals surface area contributed by atoms with Crippen LogP contribution in [0.3, 0.4) is 0 Å². The fraction of sp³-hybridized carbons (Fsp3) is 0. The van der Waals surface area contributed by atoms with E-state index in [1.54, 1.807) is 0 Å². The number of fused-ring (bicyclic) bond motifs is 3. The summed E-state index contributed by atoms with van der Waals surface area (Å²) in [6, 6.07) is 63.4. The molecule has 8 aromatic rings. The maximum Gasteiger partial charge on any atom is 0.0541 e. The standard InChI is InChI=1S/C42H29N/c1-2-11-30(12-3-1)32-13-8-15-34(27-32)36-17-10-18-37(29-36)35-16-9-14-33(28-35)31-23-25-38(26-24-31)43-41-21-6-4-19-39(41)40-20-5-7-22-42(40)43/h1-29H. The van der Waals surface area contributed by atoms with Crippen LogP contribution in [0.5, 0.6) is 0 Å². The molecule has 0 saturated carbocycles. The molecule has 0 unspecified atom stereocenters. The molecule has 0 aliphatic carbocycles. The first-order chi connectivity index (χ1) is 21.3. The van der Waals surface area contributed by atoms with E-state index in [9.17, 15) is 0 Å². The first kappa shape index (κ1) is 25.1. The molecule has 0 atom stereocenters. The molecule has 1 nitrogen and oxygen atoms in total. The number of aromatic nitrogens is 1. The van der Waals surface area contributed by atoms with Crippen molar-refractivity contribution in [3.63, 3.8) is 0 Å². The van der Waals surface area contributed by atoms with Crippen LogP contribution >= 0.6 is 0 Å². The maximum atomic E-state index is 2.36. The molecule has 43 heavy (non-hydrogen) atoms. The van der Waals surface area contributed by atoms with E-state index in [1.165, 1.54) is 72.0 Å². The van der Waals surface area contributed by atoms with Crippen LogP contribution in [0.4, 0.5) is 0 Å². The number of hydrogen-bond acceptors (Lipinski definition) is 0. The van der Waals surface area contributed by atoms with Gasteiger partial charge in [0.2, 0.25) is 0 Å². The Morgan fingerprint density at radius 3 is 1.07 bits per heavy atom. The highest BCUT2D eigenvalue weighted by Gasteiger charge is 2.12. The average molecular weight is 548 g/mol.